The van der Waals surface area contributed by atoms with E-state index in [1.165, 1.54) is 43.0 Å². The van der Waals surface area contributed by atoms with Gasteiger partial charge in [-0.1, -0.05) is 11.8 Å². The molecule has 0 unspecified atom stereocenters. The lowest BCUT2D eigenvalue weighted by Gasteiger charge is -2.34. The number of alkyl halides is 3. The fourth-order valence-corrected chi connectivity index (χ4v) is 5.99. The van der Waals surface area contributed by atoms with Crippen LogP contribution in [0.2, 0.25) is 0 Å². The van der Waals surface area contributed by atoms with Gasteiger partial charge in [0, 0.05) is 24.3 Å². The summed E-state index contributed by atoms with van der Waals surface area (Å²) in [7, 11) is 1.60. The Balaban J connectivity index is 1.55. The Hall–Kier alpha value is -2.86. The van der Waals surface area contributed by atoms with Crippen molar-refractivity contribution in [3.63, 3.8) is 0 Å². The van der Waals surface area contributed by atoms with Crippen molar-refractivity contribution in [1.82, 2.24) is 4.98 Å². The second kappa shape index (κ2) is 8.98. The van der Waals surface area contributed by atoms with E-state index >= 15 is 0 Å². The van der Waals surface area contributed by atoms with Gasteiger partial charge in [-0.05, 0) is 50.1 Å². The Bertz CT molecular complexity index is 1190. The Kier molecular flexibility index (Phi) is 6.47. The average molecular weight is 513 g/mol. The lowest BCUT2D eigenvalue weighted by atomic mass is 9.85. The number of benzene rings is 1. The summed E-state index contributed by atoms with van der Waals surface area (Å²) in [5.74, 6) is -1.19. The van der Waals surface area contributed by atoms with Crippen molar-refractivity contribution >= 4 is 28.5 Å². The van der Waals surface area contributed by atoms with Gasteiger partial charge in [-0.15, -0.1) is 0 Å². The number of hydrogen-bond acceptors (Lipinski definition) is 7. The van der Waals surface area contributed by atoms with Crippen molar-refractivity contribution in [3.8, 4) is 5.75 Å². The highest BCUT2D eigenvalue weighted by atomic mass is 32.2. The highest BCUT2D eigenvalue weighted by Crippen LogP contribution is 2.66. The average Bonchev–Trinajstić information content (AvgIpc) is 3.48. The first kappa shape index (κ1) is 25.2. The van der Waals surface area contributed by atoms with Gasteiger partial charge in [-0.2, -0.15) is 13.2 Å². The van der Waals surface area contributed by atoms with Gasteiger partial charge in [0.05, 0.1) is 23.1 Å². The van der Waals surface area contributed by atoms with E-state index in [0.717, 1.165) is 12.6 Å². The first-order valence-electron chi connectivity index (χ1n) is 10.7. The third-order valence-electron chi connectivity index (χ3n) is 6.18. The van der Waals surface area contributed by atoms with Crippen molar-refractivity contribution < 1.29 is 31.8 Å². The van der Waals surface area contributed by atoms with Gasteiger partial charge in [0.25, 0.3) is 5.91 Å². The number of nitrogens with one attached hydrogen (secondary N) is 1. The van der Waals surface area contributed by atoms with Crippen molar-refractivity contribution in [3.05, 3.63) is 53.1 Å². The molecule has 1 fully saturated rings. The minimum Gasteiger partial charge on any atom is -0.482 e. The van der Waals surface area contributed by atoms with Crippen LogP contribution in [0, 0.1) is 18.7 Å². The van der Waals surface area contributed by atoms with Gasteiger partial charge in [-0.3, -0.25) is 9.79 Å². The van der Waals surface area contributed by atoms with Crippen LogP contribution in [-0.2, 0) is 10.3 Å². The van der Waals surface area contributed by atoms with Crippen LogP contribution in [0.1, 0.15) is 35.0 Å². The molecular weight excluding hydrogens is 488 g/mol. The van der Waals surface area contributed by atoms with Crippen LogP contribution in [0.25, 0.3) is 0 Å². The van der Waals surface area contributed by atoms with Gasteiger partial charge in [0.15, 0.2) is 11.8 Å². The number of amides is 1. The van der Waals surface area contributed by atoms with Gasteiger partial charge < -0.3 is 20.5 Å². The molecule has 7 nitrogen and oxygen atoms in total. The summed E-state index contributed by atoms with van der Waals surface area (Å²) in [6.07, 6.45) is -2.69. The number of carbonyl (C=O) groups is 1. The maximum atomic E-state index is 15.0. The van der Waals surface area contributed by atoms with E-state index in [4.69, 9.17) is 10.5 Å². The molecule has 1 aliphatic heterocycles. The van der Waals surface area contributed by atoms with Crippen molar-refractivity contribution in [1.29, 1.82) is 0 Å². The second-order valence-electron chi connectivity index (χ2n) is 8.84. The minimum absolute atomic E-state index is 0.000792. The highest BCUT2D eigenvalue weighted by Gasteiger charge is 2.66. The van der Waals surface area contributed by atoms with E-state index in [-0.39, 0.29) is 22.1 Å². The standard InChI is InChI=1S/C23H24F4N4O3S/c1-12-6-14(34-11-23(25,26)27)9-29-18(12)19(32)30-13-4-5-16(24)15(7-13)21(2)17-8-22(17,10-33-3)35-20(28)31-21/h4-7,9,17H,8,10-11H2,1-3H3,(H2,28,31)(H,30,32)/t17-,21+,22+/m0/s1. The number of fused-ring (bicyclic) bond motifs is 1. The van der Waals surface area contributed by atoms with Crippen molar-refractivity contribution in [2.75, 3.05) is 25.6 Å². The predicted molar refractivity (Wildman–Crippen MR) is 124 cm³/mol. The molecule has 12 heteroatoms. The zero-order valence-electron chi connectivity index (χ0n) is 19.2. The number of pyridine rings is 1. The molecule has 1 aliphatic carbocycles. The molecule has 2 aliphatic rings. The molecule has 2 aromatic rings. The smallest absolute Gasteiger partial charge is 0.422 e. The van der Waals surface area contributed by atoms with Gasteiger partial charge >= 0.3 is 6.18 Å². The summed E-state index contributed by atoms with van der Waals surface area (Å²) < 4.78 is 61.8. The van der Waals surface area contributed by atoms with Crippen molar-refractivity contribution in [2.24, 2.45) is 16.6 Å². The number of rotatable bonds is 7. The largest absolute Gasteiger partial charge is 0.482 e. The van der Waals surface area contributed by atoms with E-state index in [0.29, 0.717) is 28.6 Å². The van der Waals surface area contributed by atoms with Crippen LogP contribution in [0.3, 0.4) is 0 Å². The van der Waals surface area contributed by atoms with Gasteiger partial charge in [0.1, 0.15) is 17.3 Å². The molecule has 3 atom stereocenters. The molecule has 0 bridgehead atoms. The number of aryl methyl sites for hydroxylation is 1. The fraction of sp³-hybridized carbons (Fsp3) is 0.435. The van der Waals surface area contributed by atoms with Gasteiger partial charge in [-0.25, -0.2) is 9.37 Å². The molecule has 188 valence electrons. The summed E-state index contributed by atoms with van der Waals surface area (Å²) in [6, 6.07) is 5.48. The molecule has 1 aromatic carbocycles. The molecule has 0 spiro atoms. The number of halogens is 4. The Labute approximate surface area is 203 Å². The number of amidine groups is 1. The molecule has 3 N–H and O–H groups in total. The molecule has 1 amide bonds. The third kappa shape index (κ3) is 5.08. The first-order valence-corrected chi connectivity index (χ1v) is 11.5. The normalized spacial score (nSPS) is 25.5. The number of aliphatic imine (C=N–C) groups is 1. The maximum absolute atomic E-state index is 15.0. The maximum Gasteiger partial charge on any atom is 0.422 e. The zero-order valence-corrected chi connectivity index (χ0v) is 20.0. The van der Waals surface area contributed by atoms with Crippen LogP contribution in [0.15, 0.2) is 35.5 Å². The number of methoxy groups -OCH3 is 1. The summed E-state index contributed by atoms with van der Waals surface area (Å²) >= 11 is 1.44. The quantitative estimate of drug-likeness (QED) is 0.534. The number of nitrogens with two attached hydrogens (primary N) is 1. The number of nitrogens with zero attached hydrogens (tertiary/aromatic N) is 2. The third-order valence-corrected chi connectivity index (χ3v) is 7.46. The molecule has 2 heterocycles. The number of carbonyl (C=O) groups excluding carboxylic acids is 1. The molecule has 0 saturated heterocycles. The molecule has 35 heavy (non-hydrogen) atoms. The molecular formula is C23H24F4N4O3S. The fourth-order valence-electron chi connectivity index (χ4n) is 4.54. The topological polar surface area (TPSA) is 98.8 Å². The van der Waals surface area contributed by atoms with E-state index in [1.807, 2.05) is 6.92 Å². The Morgan fingerprint density at radius 2 is 2.09 bits per heavy atom. The predicted octanol–water partition coefficient (Wildman–Crippen LogP) is 4.40. The lowest BCUT2D eigenvalue weighted by molar-refractivity contribution is -0.153. The number of thioether (sulfide) groups is 1. The van der Waals surface area contributed by atoms with Crippen LogP contribution in [0.4, 0.5) is 23.2 Å². The Morgan fingerprint density at radius 3 is 2.74 bits per heavy atom. The highest BCUT2D eigenvalue weighted by molar-refractivity contribution is 8.15. The minimum atomic E-state index is -4.49. The first-order chi connectivity index (χ1) is 16.4. The van der Waals surface area contributed by atoms with Crippen LogP contribution >= 0.6 is 11.8 Å². The van der Waals surface area contributed by atoms with E-state index in [2.05, 4.69) is 20.0 Å². The van der Waals surface area contributed by atoms with Crippen LogP contribution < -0.4 is 15.8 Å². The summed E-state index contributed by atoms with van der Waals surface area (Å²) in [5, 5.41) is 3.02. The number of aromatic nitrogens is 1. The monoisotopic (exact) mass is 512 g/mol. The van der Waals surface area contributed by atoms with Crippen LogP contribution in [-0.4, -0.2) is 47.3 Å². The Morgan fingerprint density at radius 1 is 1.34 bits per heavy atom. The summed E-state index contributed by atoms with van der Waals surface area (Å²) in [6.45, 7) is 2.34. The number of ether oxygens (including phenoxy) is 2. The van der Waals surface area contributed by atoms with E-state index in [9.17, 15) is 22.4 Å². The zero-order chi connectivity index (χ0) is 25.6. The van der Waals surface area contributed by atoms with Gasteiger partial charge in [0.2, 0.25) is 0 Å². The van der Waals surface area contributed by atoms with Crippen molar-refractivity contribution in [2.45, 2.75) is 36.7 Å². The lowest BCUT2D eigenvalue weighted by Crippen LogP contribution is -2.37. The molecule has 1 saturated carbocycles. The van der Waals surface area contributed by atoms with Crippen LogP contribution in [0.5, 0.6) is 5.75 Å². The molecule has 1 aromatic heterocycles. The second-order valence-corrected chi connectivity index (χ2v) is 10.3. The summed E-state index contributed by atoms with van der Waals surface area (Å²) in [4.78, 5) is 21.3. The number of anilines is 1. The molecule has 4 rings (SSSR count). The van der Waals surface area contributed by atoms with E-state index < -0.39 is 30.0 Å². The number of hydrogen-bond donors (Lipinski definition) is 2. The summed E-state index contributed by atoms with van der Waals surface area (Å²) in [5.41, 5.74) is 6.07. The van der Waals surface area contributed by atoms with E-state index in [1.54, 1.807) is 7.11 Å². The molecule has 0 radical (unpaired) electrons. The SMILES string of the molecule is COC[C@]12C[C@H]1[C@@](C)(c1cc(NC(=O)c3ncc(OCC(F)(F)F)cc3C)ccc1F)N=C(N)S2.